The second-order valence-corrected chi connectivity index (χ2v) is 4.35. The van der Waals surface area contributed by atoms with Gasteiger partial charge in [0.25, 0.3) is 11.3 Å². The molecule has 0 saturated carbocycles. The number of benzene rings is 1. The highest BCUT2D eigenvalue weighted by Crippen LogP contribution is 2.51. The van der Waals surface area contributed by atoms with Gasteiger partial charge in [0.1, 0.15) is 0 Å². The minimum atomic E-state index is -6.03. The topological polar surface area (TPSA) is 63.4 Å². The SMILES string of the molecule is Cc1c([N+](=O)[O-])ccc(C(O)(C(F)(F)F)C(F)(F)F)c1C. The predicted octanol–water partition coefficient (Wildman–Crippen LogP) is 3.52. The lowest BCUT2D eigenvalue weighted by atomic mass is 9.86. The highest BCUT2D eigenvalue weighted by molar-refractivity contribution is 5.50. The predicted molar refractivity (Wildman–Crippen MR) is 58.6 cm³/mol. The van der Waals surface area contributed by atoms with Crippen molar-refractivity contribution in [2.24, 2.45) is 0 Å². The van der Waals surface area contributed by atoms with Crippen LogP contribution in [0.1, 0.15) is 16.7 Å². The zero-order valence-corrected chi connectivity index (χ0v) is 10.6. The molecular weight excluding hydrogens is 308 g/mol. The Morgan fingerprint density at radius 1 is 1.00 bits per heavy atom. The van der Waals surface area contributed by atoms with Crippen molar-refractivity contribution in [3.8, 4) is 0 Å². The maximum absolute atomic E-state index is 12.8. The van der Waals surface area contributed by atoms with Gasteiger partial charge in [-0.25, -0.2) is 0 Å². The molecule has 0 heterocycles. The average Bonchev–Trinajstić information content (AvgIpc) is 2.28. The third-order valence-electron chi connectivity index (χ3n) is 3.17. The van der Waals surface area contributed by atoms with Gasteiger partial charge in [-0.3, -0.25) is 10.1 Å². The van der Waals surface area contributed by atoms with Crippen LogP contribution in [0.2, 0.25) is 0 Å². The molecule has 0 amide bonds. The first kappa shape index (κ1) is 17.2. The van der Waals surface area contributed by atoms with E-state index < -0.39 is 39.7 Å². The van der Waals surface area contributed by atoms with Gasteiger partial charge in [0, 0.05) is 17.2 Å². The number of nitrogens with zero attached hydrogens (tertiary/aromatic N) is 1. The van der Waals surface area contributed by atoms with Gasteiger partial charge in [-0.15, -0.1) is 0 Å². The summed E-state index contributed by atoms with van der Waals surface area (Å²) < 4.78 is 76.5. The van der Waals surface area contributed by atoms with Crippen molar-refractivity contribution >= 4 is 5.69 Å². The lowest BCUT2D eigenvalue weighted by molar-refractivity contribution is -0.386. The van der Waals surface area contributed by atoms with Gasteiger partial charge in [0.05, 0.1) is 4.92 Å². The van der Waals surface area contributed by atoms with Gasteiger partial charge in [-0.2, -0.15) is 26.3 Å². The molecule has 1 aromatic carbocycles. The molecule has 21 heavy (non-hydrogen) atoms. The van der Waals surface area contributed by atoms with Crippen LogP contribution in [0.3, 0.4) is 0 Å². The van der Waals surface area contributed by atoms with Gasteiger partial charge >= 0.3 is 12.4 Å². The molecule has 0 bridgehead atoms. The summed E-state index contributed by atoms with van der Waals surface area (Å²) in [5.41, 5.74) is -8.25. The summed E-state index contributed by atoms with van der Waals surface area (Å²) in [4.78, 5) is 9.69. The molecule has 0 atom stereocenters. The van der Waals surface area contributed by atoms with Crippen molar-refractivity contribution in [1.29, 1.82) is 0 Å². The number of halogens is 6. The molecule has 0 saturated heterocycles. The van der Waals surface area contributed by atoms with E-state index in [0.29, 0.717) is 6.07 Å². The number of nitro groups is 1. The maximum Gasteiger partial charge on any atom is 0.430 e. The van der Waals surface area contributed by atoms with Crippen molar-refractivity contribution in [3.63, 3.8) is 0 Å². The zero-order chi connectivity index (χ0) is 16.8. The summed E-state index contributed by atoms with van der Waals surface area (Å²) in [6.07, 6.45) is -12.1. The fourth-order valence-electron chi connectivity index (χ4n) is 1.86. The lowest BCUT2D eigenvalue weighted by Crippen LogP contribution is -2.54. The lowest BCUT2D eigenvalue weighted by Gasteiger charge is -2.34. The molecular formula is C11H9F6NO3. The monoisotopic (exact) mass is 317 g/mol. The first-order valence-corrected chi connectivity index (χ1v) is 5.36. The van der Waals surface area contributed by atoms with Crippen molar-refractivity contribution in [3.05, 3.63) is 38.9 Å². The Bertz CT molecular complexity index is 565. The average molecular weight is 317 g/mol. The van der Waals surface area contributed by atoms with Crippen LogP contribution in [0.5, 0.6) is 0 Å². The van der Waals surface area contributed by atoms with Crippen LogP contribution in [0, 0.1) is 24.0 Å². The second kappa shape index (κ2) is 4.86. The van der Waals surface area contributed by atoms with Crippen LogP contribution in [0.4, 0.5) is 32.0 Å². The number of hydrogen-bond donors (Lipinski definition) is 1. The fourth-order valence-corrected chi connectivity index (χ4v) is 1.86. The number of alkyl halides is 6. The molecule has 0 spiro atoms. The minimum absolute atomic E-state index is 0.265. The van der Waals surface area contributed by atoms with E-state index in [1.54, 1.807) is 0 Å². The Morgan fingerprint density at radius 2 is 1.43 bits per heavy atom. The first-order valence-electron chi connectivity index (χ1n) is 5.36. The highest BCUT2D eigenvalue weighted by atomic mass is 19.4. The molecule has 10 heteroatoms. The van der Waals surface area contributed by atoms with E-state index >= 15 is 0 Å². The van der Waals surface area contributed by atoms with E-state index in [9.17, 15) is 41.6 Å². The molecule has 0 aliphatic heterocycles. The third-order valence-corrected chi connectivity index (χ3v) is 3.17. The Morgan fingerprint density at radius 3 is 1.76 bits per heavy atom. The van der Waals surface area contributed by atoms with Gasteiger partial charge in [0.15, 0.2) is 0 Å². The number of hydrogen-bond acceptors (Lipinski definition) is 3. The number of rotatable bonds is 2. The van der Waals surface area contributed by atoms with E-state index in [1.165, 1.54) is 0 Å². The van der Waals surface area contributed by atoms with Gasteiger partial charge in [0.2, 0.25) is 0 Å². The summed E-state index contributed by atoms with van der Waals surface area (Å²) in [5.74, 6) is 0. The fraction of sp³-hybridized carbons (Fsp3) is 0.455. The molecule has 1 aromatic rings. The van der Waals surface area contributed by atoms with E-state index in [0.717, 1.165) is 13.8 Å². The van der Waals surface area contributed by atoms with Gasteiger partial charge < -0.3 is 5.11 Å². The largest absolute Gasteiger partial charge is 0.430 e. The Hall–Kier alpha value is -1.84. The van der Waals surface area contributed by atoms with Crippen LogP contribution in [0.25, 0.3) is 0 Å². The van der Waals surface area contributed by atoms with Crippen molar-refractivity contribution in [2.45, 2.75) is 31.8 Å². The standard InChI is InChI=1S/C11H9F6NO3/c1-5-6(2)8(18(20)21)4-3-7(5)9(19,10(12,13)14)11(15,16)17/h3-4,19H,1-2H3. The van der Waals surface area contributed by atoms with E-state index in [2.05, 4.69) is 0 Å². The van der Waals surface area contributed by atoms with E-state index in [4.69, 9.17) is 0 Å². The van der Waals surface area contributed by atoms with Crippen LogP contribution in [0.15, 0.2) is 12.1 Å². The maximum atomic E-state index is 12.8. The van der Waals surface area contributed by atoms with E-state index in [-0.39, 0.29) is 11.6 Å². The van der Waals surface area contributed by atoms with Crippen LogP contribution in [-0.4, -0.2) is 22.4 Å². The quantitative estimate of drug-likeness (QED) is 0.516. The summed E-state index contributed by atoms with van der Waals surface area (Å²) in [6, 6.07) is 0.765. The molecule has 118 valence electrons. The summed E-state index contributed by atoms with van der Waals surface area (Å²) in [5, 5.41) is 19.9. The van der Waals surface area contributed by atoms with Gasteiger partial charge in [-0.05, 0) is 25.5 Å². The van der Waals surface area contributed by atoms with Crippen molar-refractivity contribution < 1.29 is 36.4 Å². The number of aliphatic hydroxyl groups is 1. The van der Waals surface area contributed by atoms with Crippen molar-refractivity contribution in [1.82, 2.24) is 0 Å². The molecule has 0 aromatic heterocycles. The molecule has 4 nitrogen and oxygen atoms in total. The molecule has 0 fully saturated rings. The Kier molecular flexibility index (Phi) is 3.99. The second-order valence-electron chi connectivity index (χ2n) is 4.35. The molecule has 0 aliphatic carbocycles. The zero-order valence-electron chi connectivity index (χ0n) is 10.6. The Balaban J connectivity index is 3.71. The molecule has 1 N–H and O–H groups in total. The van der Waals surface area contributed by atoms with Crippen LogP contribution in [-0.2, 0) is 5.60 Å². The number of nitro benzene ring substituents is 1. The molecule has 1 rings (SSSR count). The van der Waals surface area contributed by atoms with E-state index in [1.807, 2.05) is 0 Å². The summed E-state index contributed by atoms with van der Waals surface area (Å²) in [7, 11) is 0. The molecule has 0 unspecified atom stereocenters. The minimum Gasteiger partial charge on any atom is -0.369 e. The smallest absolute Gasteiger partial charge is 0.369 e. The summed E-state index contributed by atoms with van der Waals surface area (Å²) in [6.45, 7) is 1.85. The van der Waals surface area contributed by atoms with Crippen LogP contribution >= 0.6 is 0 Å². The summed E-state index contributed by atoms with van der Waals surface area (Å²) >= 11 is 0. The highest BCUT2D eigenvalue weighted by Gasteiger charge is 2.71. The van der Waals surface area contributed by atoms with Crippen molar-refractivity contribution in [2.75, 3.05) is 0 Å². The van der Waals surface area contributed by atoms with Crippen LogP contribution < -0.4 is 0 Å². The normalized spacial score (nSPS) is 13.4. The molecule has 0 aliphatic rings. The Labute approximate surface area is 114 Å². The molecule has 0 radical (unpaired) electrons. The third kappa shape index (κ3) is 2.55. The van der Waals surface area contributed by atoms with Gasteiger partial charge in [-0.1, -0.05) is 0 Å². The first-order chi connectivity index (χ1) is 9.25.